The predicted molar refractivity (Wildman–Crippen MR) is 82.7 cm³/mol. The van der Waals surface area contributed by atoms with E-state index in [2.05, 4.69) is 9.97 Å². The standard InChI is InChI=1S/C7H7NO.C6H4ClNO.2CH3F/c1-6(9)7-3-2-4-8-5-7;7-6(9)5-2-1-3-8-4-5;2*1-2/h2-5H,1H3;1-4H;2*1H3. The second-order valence-corrected chi connectivity index (χ2v) is 3.66. The van der Waals surface area contributed by atoms with Gasteiger partial charge in [0.05, 0.1) is 19.9 Å². The molecule has 120 valence electrons. The van der Waals surface area contributed by atoms with Crippen molar-refractivity contribution in [1.29, 1.82) is 0 Å². The summed E-state index contributed by atoms with van der Waals surface area (Å²) in [6, 6.07) is 6.77. The summed E-state index contributed by atoms with van der Waals surface area (Å²) in [7, 11) is 1.00. The van der Waals surface area contributed by atoms with Crippen LogP contribution in [0.1, 0.15) is 27.6 Å². The third kappa shape index (κ3) is 10.6. The number of carbonyl (C=O) groups excluding carboxylic acids is 2. The quantitative estimate of drug-likeness (QED) is 0.618. The maximum atomic E-state index is 10.6. The average Bonchev–Trinajstić information content (AvgIpc) is 2.60. The van der Waals surface area contributed by atoms with Gasteiger partial charge in [0, 0.05) is 30.4 Å². The van der Waals surface area contributed by atoms with Crippen molar-refractivity contribution in [3.8, 4) is 0 Å². The number of nitrogens with zero attached hydrogens (tertiary/aromatic N) is 2. The van der Waals surface area contributed by atoms with Crippen LogP contribution in [0, 0.1) is 0 Å². The summed E-state index contributed by atoms with van der Waals surface area (Å²) < 4.78 is 19.0. The highest BCUT2D eigenvalue weighted by Gasteiger charge is 1.97. The highest BCUT2D eigenvalue weighted by atomic mass is 35.5. The summed E-state index contributed by atoms with van der Waals surface area (Å²) in [6.07, 6.45) is 6.22. The molecule has 0 fully saturated rings. The third-order valence-electron chi connectivity index (χ3n) is 1.96. The Morgan fingerprint density at radius 2 is 1.32 bits per heavy atom. The van der Waals surface area contributed by atoms with Gasteiger partial charge >= 0.3 is 0 Å². The zero-order valence-corrected chi connectivity index (χ0v) is 13.2. The second-order valence-electron chi connectivity index (χ2n) is 3.31. The van der Waals surface area contributed by atoms with Gasteiger partial charge in [-0.2, -0.15) is 0 Å². The molecule has 7 heteroatoms. The fraction of sp³-hybridized carbons (Fsp3) is 0.200. The van der Waals surface area contributed by atoms with E-state index in [4.69, 9.17) is 11.6 Å². The van der Waals surface area contributed by atoms with E-state index >= 15 is 0 Å². The summed E-state index contributed by atoms with van der Waals surface area (Å²) in [5.74, 6) is 0.0584. The Kier molecular flexibility index (Phi) is 15.2. The lowest BCUT2D eigenvalue weighted by molar-refractivity contribution is 0.101. The van der Waals surface area contributed by atoms with Crippen LogP contribution in [0.25, 0.3) is 0 Å². The Bertz CT molecular complexity index is 476. The summed E-state index contributed by atoms with van der Waals surface area (Å²) >= 11 is 5.12. The first-order valence-corrected chi connectivity index (χ1v) is 6.25. The van der Waals surface area contributed by atoms with E-state index in [0.717, 1.165) is 0 Å². The number of ketones is 1. The number of aromatic nitrogens is 2. The molecule has 0 unspecified atom stereocenters. The third-order valence-corrected chi connectivity index (χ3v) is 2.17. The zero-order valence-electron chi connectivity index (χ0n) is 12.5. The first-order valence-electron chi connectivity index (χ1n) is 5.87. The van der Waals surface area contributed by atoms with Crippen LogP contribution in [0.3, 0.4) is 0 Å². The number of hydrogen-bond acceptors (Lipinski definition) is 4. The maximum absolute atomic E-state index is 10.6. The maximum Gasteiger partial charge on any atom is 0.253 e. The number of hydrogen-bond donors (Lipinski definition) is 0. The van der Waals surface area contributed by atoms with Crippen molar-refractivity contribution in [2.45, 2.75) is 6.92 Å². The van der Waals surface area contributed by atoms with Crippen molar-refractivity contribution >= 4 is 22.6 Å². The van der Waals surface area contributed by atoms with Gasteiger partial charge in [0.25, 0.3) is 5.24 Å². The molecule has 2 rings (SSSR count). The minimum atomic E-state index is -0.469. The molecule has 2 aromatic rings. The van der Waals surface area contributed by atoms with Gasteiger partial charge in [0.2, 0.25) is 0 Å². The van der Waals surface area contributed by atoms with E-state index in [1.165, 1.54) is 13.1 Å². The van der Waals surface area contributed by atoms with Crippen molar-refractivity contribution in [3.63, 3.8) is 0 Å². The minimum absolute atomic E-state index is 0.0584. The molecule has 0 saturated carbocycles. The molecule has 0 aromatic carbocycles. The number of halogens is 3. The lowest BCUT2D eigenvalue weighted by Gasteiger charge is -1.88. The highest BCUT2D eigenvalue weighted by Crippen LogP contribution is 1.99. The number of carbonyl (C=O) groups is 2. The van der Waals surface area contributed by atoms with E-state index in [1.54, 1.807) is 42.9 Å². The van der Waals surface area contributed by atoms with Gasteiger partial charge in [-0.3, -0.25) is 28.3 Å². The summed E-state index contributed by atoms with van der Waals surface area (Å²) in [5.41, 5.74) is 1.09. The van der Waals surface area contributed by atoms with Gasteiger partial charge in [-0.15, -0.1) is 0 Å². The monoisotopic (exact) mass is 330 g/mol. The molecule has 0 saturated heterocycles. The van der Waals surface area contributed by atoms with E-state index in [9.17, 15) is 18.4 Å². The molecule has 0 bridgehead atoms. The first kappa shape index (κ1) is 22.1. The van der Waals surface area contributed by atoms with Crippen molar-refractivity contribution in [2.24, 2.45) is 0 Å². The molecular weight excluding hydrogens is 314 g/mol. The van der Waals surface area contributed by atoms with Crippen LogP contribution in [0.5, 0.6) is 0 Å². The van der Waals surface area contributed by atoms with E-state index in [-0.39, 0.29) is 5.78 Å². The second kappa shape index (κ2) is 15.2. The van der Waals surface area contributed by atoms with E-state index in [1.807, 2.05) is 0 Å². The predicted octanol–water partition coefficient (Wildman–Crippen LogP) is 3.92. The fourth-order valence-electron chi connectivity index (χ4n) is 1.05. The van der Waals surface area contributed by atoms with Crippen LogP contribution in [-0.2, 0) is 0 Å². The largest absolute Gasteiger partial charge is 0.294 e. The molecule has 0 radical (unpaired) electrons. The molecule has 0 spiro atoms. The molecule has 0 aliphatic carbocycles. The van der Waals surface area contributed by atoms with Crippen LogP contribution >= 0.6 is 11.6 Å². The number of alkyl halides is 2. The van der Waals surface area contributed by atoms with Crippen LogP contribution < -0.4 is 0 Å². The summed E-state index contributed by atoms with van der Waals surface area (Å²) in [5, 5.41) is -0.469. The molecule has 0 aliphatic heterocycles. The normalized spacial score (nSPS) is 7.91. The fourth-order valence-corrected chi connectivity index (χ4v) is 1.16. The topological polar surface area (TPSA) is 59.9 Å². The van der Waals surface area contributed by atoms with E-state index in [0.29, 0.717) is 25.5 Å². The molecule has 0 amide bonds. The van der Waals surface area contributed by atoms with Gasteiger partial charge < -0.3 is 0 Å². The smallest absolute Gasteiger partial charge is 0.253 e. The Morgan fingerprint density at radius 1 is 0.909 bits per heavy atom. The Morgan fingerprint density at radius 3 is 1.50 bits per heavy atom. The Balaban J connectivity index is 0. The molecule has 22 heavy (non-hydrogen) atoms. The summed E-state index contributed by atoms with van der Waals surface area (Å²) in [4.78, 5) is 28.5. The molecule has 2 aromatic heterocycles. The van der Waals surface area contributed by atoms with Crippen LogP contribution in [-0.4, -0.2) is 35.3 Å². The SMILES string of the molecule is CC(=O)c1cccnc1.CF.CF.O=C(Cl)c1cccnc1. The van der Waals surface area contributed by atoms with Gasteiger partial charge in [-0.1, -0.05) is 0 Å². The lowest BCUT2D eigenvalue weighted by Crippen LogP contribution is -1.90. The van der Waals surface area contributed by atoms with Crippen LogP contribution in [0.4, 0.5) is 8.78 Å². The zero-order chi connectivity index (χ0) is 17.4. The molecular formula is C15H17ClF2N2O2. The van der Waals surface area contributed by atoms with Crippen LogP contribution in [0.2, 0.25) is 0 Å². The minimum Gasteiger partial charge on any atom is -0.294 e. The van der Waals surface area contributed by atoms with Crippen molar-refractivity contribution in [1.82, 2.24) is 9.97 Å². The first-order chi connectivity index (χ1) is 10.6. The van der Waals surface area contributed by atoms with Crippen molar-refractivity contribution < 1.29 is 18.4 Å². The van der Waals surface area contributed by atoms with Crippen molar-refractivity contribution in [2.75, 3.05) is 14.4 Å². The van der Waals surface area contributed by atoms with Crippen molar-refractivity contribution in [3.05, 3.63) is 60.2 Å². The number of rotatable bonds is 2. The van der Waals surface area contributed by atoms with Gasteiger partial charge in [-0.25, -0.2) is 0 Å². The number of Topliss-reactive ketones (excluding diaryl/α,β-unsaturated/α-hetero) is 1. The van der Waals surface area contributed by atoms with E-state index < -0.39 is 5.24 Å². The molecule has 0 N–H and O–H groups in total. The molecule has 0 aliphatic rings. The highest BCUT2D eigenvalue weighted by molar-refractivity contribution is 6.67. The molecule has 0 atom stereocenters. The van der Waals surface area contributed by atoms with Gasteiger partial charge in [0.1, 0.15) is 0 Å². The summed E-state index contributed by atoms with van der Waals surface area (Å²) in [6.45, 7) is 1.52. The van der Waals surface area contributed by atoms with Crippen LogP contribution in [0.15, 0.2) is 49.1 Å². The van der Waals surface area contributed by atoms with Gasteiger partial charge in [-0.05, 0) is 42.8 Å². The number of pyridine rings is 2. The Hall–Kier alpha value is -2.21. The van der Waals surface area contributed by atoms with Gasteiger partial charge in [0.15, 0.2) is 5.78 Å². The lowest BCUT2D eigenvalue weighted by atomic mass is 10.2. The molecule has 2 heterocycles. The average molecular weight is 331 g/mol. The molecule has 4 nitrogen and oxygen atoms in total. The Labute approximate surface area is 133 Å².